The van der Waals surface area contributed by atoms with Crippen LogP contribution in [0.5, 0.6) is 0 Å². The Labute approximate surface area is 126 Å². The Morgan fingerprint density at radius 1 is 1.15 bits per heavy atom. The van der Waals surface area contributed by atoms with E-state index in [0.717, 1.165) is 16.4 Å². The van der Waals surface area contributed by atoms with Crippen LogP contribution in [0.25, 0.3) is 0 Å². The molecule has 0 radical (unpaired) electrons. The first-order valence-corrected chi connectivity index (χ1v) is 7.22. The van der Waals surface area contributed by atoms with Gasteiger partial charge >= 0.3 is 0 Å². The Bertz CT molecular complexity index is 570. The van der Waals surface area contributed by atoms with Gasteiger partial charge in [-0.05, 0) is 41.7 Å². The summed E-state index contributed by atoms with van der Waals surface area (Å²) in [7, 11) is 0. The van der Waals surface area contributed by atoms with Crippen molar-refractivity contribution in [2.45, 2.75) is 39.2 Å². The van der Waals surface area contributed by atoms with Crippen LogP contribution in [0.4, 0.5) is 5.82 Å². The first-order valence-electron chi connectivity index (χ1n) is 6.85. The smallest absolute Gasteiger partial charge is 0.126 e. The third-order valence-corrected chi connectivity index (χ3v) is 3.58. The van der Waals surface area contributed by atoms with Crippen LogP contribution in [0, 0.1) is 0 Å². The molecule has 1 aromatic carbocycles. The molecule has 0 amide bonds. The van der Waals surface area contributed by atoms with Crippen molar-refractivity contribution in [1.29, 1.82) is 0 Å². The molecule has 2 nitrogen and oxygen atoms in total. The van der Waals surface area contributed by atoms with Gasteiger partial charge < -0.3 is 5.32 Å². The van der Waals surface area contributed by atoms with Crippen LogP contribution in [-0.2, 0) is 5.41 Å². The molecular formula is C17H21ClN2. The molecule has 1 heterocycles. The first-order chi connectivity index (χ1) is 9.36. The predicted molar refractivity (Wildman–Crippen MR) is 86.4 cm³/mol. The lowest BCUT2D eigenvalue weighted by Gasteiger charge is -2.20. The summed E-state index contributed by atoms with van der Waals surface area (Å²) in [6.07, 6.45) is 1.94. The highest BCUT2D eigenvalue weighted by molar-refractivity contribution is 6.30. The highest BCUT2D eigenvalue weighted by Gasteiger charge is 2.14. The summed E-state index contributed by atoms with van der Waals surface area (Å²) in [6, 6.07) is 12.2. The van der Waals surface area contributed by atoms with E-state index in [9.17, 15) is 0 Å². The zero-order valence-corrected chi connectivity index (χ0v) is 13.2. The van der Waals surface area contributed by atoms with E-state index in [2.05, 4.69) is 50.1 Å². The molecule has 0 aliphatic heterocycles. The van der Waals surface area contributed by atoms with Gasteiger partial charge in [0.25, 0.3) is 0 Å². The van der Waals surface area contributed by atoms with Gasteiger partial charge in [0.15, 0.2) is 0 Å². The Balaban J connectivity index is 2.10. The number of hydrogen-bond acceptors (Lipinski definition) is 2. The molecule has 0 fully saturated rings. The molecule has 0 saturated heterocycles. The van der Waals surface area contributed by atoms with Gasteiger partial charge in [-0.3, -0.25) is 0 Å². The van der Waals surface area contributed by atoms with Crippen LogP contribution >= 0.6 is 11.6 Å². The highest BCUT2D eigenvalue weighted by Crippen LogP contribution is 2.24. The summed E-state index contributed by atoms with van der Waals surface area (Å²) in [6.45, 7) is 8.66. The second-order valence-corrected chi connectivity index (χ2v) is 6.54. The number of rotatable bonds is 3. The third kappa shape index (κ3) is 3.73. The number of halogens is 1. The molecule has 1 N–H and O–H groups in total. The molecule has 106 valence electrons. The van der Waals surface area contributed by atoms with E-state index >= 15 is 0 Å². The summed E-state index contributed by atoms with van der Waals surface area (Å²) < 4.78 is 0. The minimum Gasteiger partial charge on any atom is -0.364 e. The first kappa shape index (κ1) is 14.9. The normalized spacial score (nSPS) is 13.1. The monoisotopic (exact) mass is 288 g/mol. The van der Waals surface area contributed by atoms with Gasteiger partial charge in [0.1, 0.15) is 5.82 Å². The third-order valence-electron chi connectivity index (χ3n) is 3.34. The maximum atomic E-state index is 6.02. The number of nitrogens with zero attached hydrogens (tertiary/aromatic N) is 1. The topological polar surface area (TPSA) is 24.9 Å². The average molecular weight is 289 g/mol. The van der Waals surface area contributed by atoms with Crippen molar-refractivity contribution in [3.63, 3.8) is 0 Å². The zero-order chi connectivity index (χ0) is 14.8. The second kappa shape index (κ2) is 5.84. The van der Waals surface area contributed by atoms with Crippen molar-refractivity contribution in [3.8, 4) is 0 Å². The van der Waals surface area contributed by atoms with E-state index in [1.54, 1.807) is 0 Å². The average Bonchev–Trinajstić information content (AvgIpc) is 2.38. The minimum atomic E-state index is 0.129. The van der Waals surface area contributed by atoms with Crippen molar-refractivity contribution < 1.29 is 0 Å². The largest absolute Gasteiger partial charge is 0.364 e. The lowest BCUT2D eigenvalue weighted by atomic mass is 9.88. The number of pyridine rings is 1. The van der Waals surface area contributed by atoms with Crippen LogP contribution in [0.1, 0.15) is 44.9 Å². The van der Waals surface area contributed by atoms with E-state index < -0.39 is 0 Å². The van der Waals surface area contributed by atoms with Crippen LogP contribution in [-0.4, -0.2) is 4.98 Å². The number of anilines is 1. The van der Waals surface area contributed by atoms with Gasteiger partial charge in [-0.15, -0.1) is 0 Å². The fraction of sp³-hybridized carbons (Fsp3) is 0.353. The van der Waals surface area contributed by atoms with Crippen LogP contribution in [0.15, 0.2) is 42.6 Å². The molecule has 0 aliphatic rings. The fourth-order valence-electron chi connectivity index (χ4n) is 2.00. The van der Waals surface area contributed by atoms with Crippen molar-refractivity contribution in [3.05, 3.63) is 58.7 Å². The Kier molecular flexibility index (Phi) is 4.34. The minimum absolute atomic E-state index is 0.129. The molecule has 1 atom stereocenters. The summed E-state index contributed by atoms with van der Waals surface area (Å²) in [5.41, 5.74) is 2.52. The molecule has 3 heteroatoms. The maximum Gasteiger partial charge on any atom is 0.126 e. The molecule has 1 unspecified atom stereocenters. The molecule has 1 aromatic heterocycles. The van der Waals surface area contributed by atoms with E-state index in [1.807, 2.05) is 30.5 Å². The van der Waals surface area contributed by atoms with Crippen molar-refractivity contribution in [1.82, 2.24) is 4.98 Å². The molecule has 2 rings (SSSR count). The molecule has 0 spiro atoms. The van der Waals surface area contributed by atoms with Gasteiger partial charge in [0.05, 0.1) is 0 Å². The van der Waals surface area contributed by atoms with Crippen molar-refractivity contribution >= 4 is 17.4 Å². The van der Waals surface area contributed by atoms with Crippen LogP contribution in [0.2, 0.25) is 5.02 Å². The van der Waals surface area contributed by atoms with E-state index in [-0.39, 0.29) is 11.5 Å². The number of benzene rings is 1. The van der Waals surface area contributed by atoms with Crippen LogP contribution in [0.3, 0.4) is 0 Å². The van der Waals surface area contributed by atoms with Gasteiger partial charge in [0, 0.05) is 17.3 Å². The van der Waals surface area contributed by atoms with Gasteiger partial charge in [-0.1, -0.05) is 50.6 Å². The Morgan fingerprint density at radius 2 is 1.90 bits per heavy atom. The number of aromatic nitrogens is 1. The zero-order valence-electron chi connectivity index (χ0n) is 12.4. The molecule has 20 heavy (non-hydrogen) atoms. The summed E-state index contributed by atoms with van der Waals surface area (Å²) in [4.78, 5) is 4.49. The van der Waals surface area contributed by atoms with E-state index in [0.29, 0.717) is 0 Å². The fourth-order valence-corrected chi connectivity index (χ4v) is 2.20. The standard InChI is InChI=1S/C17H21ClN2/c1-12(13-6-5-7-15(18)10-13)20-16-9-8-14(11-19-16)17(2,3)4/h5-12H,1-4H3,(H,19,20). The Morgan fingerprint density at radius 3 is 2.45 bits per heavy atom. The van der Waals surface area contributed by atoms with E-state index in [4.69, 9.17) is 11.6 Å². The lowest BCUT2D eigenvalue weighted by molar-refractivity contribution is 0.587. The molecule has 0 aliphatic carbocycles. The predicted octanol–water partition coefficient (Wildman–Crippen LogP) is 5.21. The van der Waals surface area contributed by atoms with Gasteiger partial charge in [0.2, 0.25) is 0 Å². The highest BCUT2D eigenvalue weighted by atomic mass is 35.5. The lowest BCUT2D eigenvalue weighted by Crippen LogP contribution is -2.12. The Hall–Kier alpha value is -1.54. The second-order valence-electron chi connectivity index (χ2n) is 6.10. The SMILES string of the molecule is CC(Nc1ccc(C(C)(C)C)cn1)c1cccc(Cl)c1. The van der Waals surface area contributed by atoms with Crippen molar-refractivity contribution in [2.75, 3.05) is 5.32 Å². The van der Waals surface area contributed by atoms with Gasteiger partial charge in [-0.25, -0.2) is 4.98 Å². The molecular weight excluding hydrogens is 268 g/mol. The maximum absolute atomic E-state index is 6.02. The molecule has 2 aromatic rings. The molecule has 0 saturated carbocycles. The summed E-state index contributed by atoms with van der Waals surface area (Å²) in [5.74, 6) is 0.880. The van der Waals surface area contributed by atoms with Crippen molar-refractivity contribution in [2.24, 2.45) is 0 Å². The van der Waals surface area contributed by atoms with Gasteiger partial charge in [-0.2, -0.15) is 0 Å². The van der Waals surface area contributed by atoms with Crippen LogP contribution < -0.4 is 5.32 Å². The van der Waals surface area contributed by atoms with E-state index in [1.165, 1.54) is 5.56 Å². The summed E-state index contributed by atoms with van der Waals surface area (Å²) in [5, 5.41) is 4.15. The molecule has 0 bridgehead atoms. The quantitative estimate of drug-likeness (QED) is 0.839. The summed E-state index contributed by atoms with van der Waals surface area (Å²) >= 11 is 6.02. The number of hydrogen-bond donors (Lipinski definition) is 1. The number of nitrogens with one attached hydrogen (secondary N) is 1.